The lowest BCUT2D eigenvalue weighted by Crippen LogP contribution is -1.96. The summed E-state index contributed by atoms with van der Waals surface area (Å²) >= 11 is 0. The number of H-pyrrole nitrogens is 3. The molecule has 0 bridgehead atoms. The average molecular weight is 498 g/mol. The van der Waals surface area contributed by atoms with Gasteiger partial charge in [-0.1, -0.05) is 35.5 Å². The number of benzene rings is 4. The van der Waals surface area contributed by atoms with Gasteiger partial charge in [-0.2, -0.15) is 15.3 Å². The van der Waals surface area contributed by atoms with Gasteiger partial charge in [0.25, 0.3) is 0 Å². The van der Waals surface area contributed by atoms with Crippen LogP contribution in [0.3, 0.4) is 0 Å². The molecule has 0 atom stereocenters. The highest BCUT2D eigenvalue weighted by atomic mass is 16.5. The van der Waals surface area contributed by atoms with Gasteiger partial charge in [0.2, 0.25) is 0 Å². The Bertz CT molecular complexity index is 2180. The van der Waals surface area contributed by atoms with Crippen LogP contribution in [0.1, 0.15) is 0 Å². The molecular formula is C28H19N9O. The molecule has 0 unspecified atom stereocenters. The zero-order chi connectivity index (χ0) is 25.4. The number of hydrogen-bond donors (Lipinski definition) is 5. The first kappa shape index (κ1) is 20.5. The molecule has 0 fully saturated rings. The third-order valence-corrected chi connectivity index (χ3v) is 7.16. The topological polar surface area (TPSA) is 164 Å². The molecule has 0 spiro atoms. The summed E-state index contributed by atoms with van der Waals surface area (Å²) in [5.74, 6) is 0.727. The van der Waals surface area contributed by atoms with Crippen molar-refractivity contribution in [3.63, 3.8) is 0 Å². The van der Waals surface area contributed by atoms with Gasteiger partial charge in [0.05, 0.1) is 39.7 Å². The van der Waals surface area contributed by atoms with E-state index in [4.69, 9.17) is 16.0 Å². The number of nitrogen functional groups attached to an aromatic ring is 2. The van der Waals surface area contributed by atoms with Gasteiger partial charge in [-0.15, -0.1) is 0 Å². The lowest BCUT2D eigenvalue weighted by atomic mass is 9.84. The second kappa shape index (κ2) is 7.43. The minimum Gasteiger partial charge on any atom is -0.382 e. The van der Waals surface area contributed by atoms with Crippen molar-refractivity contribution in [2.24, 2.45) is 0 Å². The molecule has 0 saturated heterocycles. The van der Waals surface area contributed by atoms with Crippen LogP contribution in [0.25, 0.3) is 77.1 Å². The Morgan fingerprint density at radius 3 is 2.39 bits per heavy atom. The molecule has 0 aliphatic rings. The largest absolute Gasteiger partial charge is 0.382 e. The van der Waals surface area contributed by atoms with Crippen molar-refractivity contribution < 1.29 is 4.52 Å². The lowest BCUT2D eigenvalue weighted by molar-refractivity contribution is 0.460. The number of nitrogens with two attached hydrogens (primary N) is 2. The normalized spacial score (nSPS) is 11.9. The van der Waals surface area contributed by atoms with E-state index in [1.807, 2.05) is 36.5 Å². The van der Waals surface area contributed by atoms with Crippen LogP contribution in [0.5, 0.6) is 0 Å². The maximum Gasteiger partial charge on any atom is 0.175 e. The van der Waals surface area contributed by atoms with Crippen LogP contribution >= 0.6 is 0 Å². The standard InChI is InChI=1S/C28H19N9O/c29-27-26-21(35-36-27)10-18(13-6-7-19-16(8-13)12-32-33-19)24(17-2-1-3-22-25(17)28(30)37-38-22)23(26)14-4-5-15-11-31-34-20(15)9-14/h1-12H,(H2,30,37)(H,31,34)(H,32,33)(H3,29,35,36). The van der Waals surface area contributed by atoms with Crippen molar-refractivity contribution in [3.05, 3.63) is 73.1 Å². The Labute approximate surface area is 213 Å². The molecule has 10 heteroatoms. The van der Waals surface area contributed by atoms with E-state index in [1.54, 1.807) is 6.20 Å². The molecule has 0 amide bonds. The van der Waals surface area contributed by atoms with Crippen molar-refractivity contribution in [2.75, 3.05) is 11.5 Å². The molecular weight excluding hydrogens is 478 g/mol. The summed E-state index contributed by atoms with van der Waals surface area (Å²) in [6, 6.07) is 20.3. The SMILES string of the molecule is Nc1n[nH]c2cc(-c3ccc4[nH]ncc4c3)c(-c3cccc4onc(N)c34)c(-c3ccc4cn[nH]c4c3)c12. The van der Waals surface area contributed by atoms with Crippen LogP contribution in [-0.4, -0.2) is 35.7 Å². The Kier molecular flexibility index (Phi) is 4.02. The predicted octanol–water partition coefficient (Wildman–Crippen LogP) is 5.62. The Morgan fingerprint density at radius 1 is 0.632 bits per heavy atom. The van der Waals surface area contributed by atoms with Crippen molar-refractivity contribution in [3.8, 4) is 33.4 Å². The van der Waals surface area contributed by atoms with E-state index in [-0.39, 0.29) is 0 Å². The van der Waals surface area contributed by atoms with Gasteiger partial charge in [0, 0.05) is 16.3 Å². The fraction of sp³-hybridized carbons (Fsp3) is 0. The molecule has 0 aliphatic carbocycles. The molecule has 8 rings (SSSR count). The summed E-state index contributed by atoms with van der Waals surface area (Å²) in [7, 11) is 0. The average Bonchev–Trinajstić information content (AvgIpc) is 3.74. The number of aromatic amines is 3. The number of fused-ring (bicyclic) bond motifs is 4. The molecule has 8 aromatic rings. The molecule has 4 heterocycles. The molecule has 38 heavy (non-hydrogen) atoms. The highest BCUT2D eigenvalue weighted by molar-refractivity contribution is 6.17. The zero-order valence-electron chi connectivity index (χ0n) is 19.8. The second-order valence-corrected chi connectivity index (χ2v) is 9.30. The maximum atomic E-state index is 6.50. The molecule has 0 radical (unpaired) electrons. The molecule has 4 aromatic heterocycles. The first-order valence-electron chi connectivity index (χ1n) is 12.0. The first-order valence-corrected chi connectivity index (χ1v) is 12.0. The summed E-state index contributed by atoms with van der Waals surface area (Å²) < 4.78 is 5.55. The summed E-state index contributed by atoms with van der Waals surface area (Å²) in [4.78, 5) is 0. The Hall–Kier alpha value is -5.64. The van der Waals surface area contributed by atoms with Gasteiger partial charge in [-0.3, -0.25) is 15.3 Å². The van der Waals surface area contributed by atoms with E-state index in [2.05, 4.69) is 66.1 Å². The predicted molar refractivity (Wildman–Crippen MR) is 148 cm³/mol. The monoisotopic (exact) mass is 497 g/mol. The van der Waals surface area contributed by atoms with Crippen molar-refractivity contribution >= 4 is 55.3 Å². The van der Waals surface area contributed by atoms with Crippen molar-refractivity contribution in [2.45, 2.75) is 0 Å². The van der Waals surface area contributed by atoms with Gasteiger partial charge < -0.3 is 16.0 Å². The Morgan fingerprint density at radius 2 is 1.47 bits per heavy atom. The van der Waals surface area contributed by atoms with Gasteiger partial charge in [-0.05, 0) is 58.1 Å². The number of aromatic nitrogens is 7. The van der Waals surface area contributed by atoms with Crippen LogP contribution < -0.4 is 11.5 Å². The quantitative estimate of drug-likeness (QED) is 0.211. The van der Waals surface area contributed by atoms with Crippen molar-refractivity contribution in [1.29, 1.82) is 0 Å². The van der Waals surface area contributed by atoms with E-state index in [1.165, 1.54) is 0 Å². The van der Waals surface area contributed by atoms with Gasteiger partial charge in [-0.25, -0.2) is 0 Å². The first-order chi connectivity index (χ1) is 18.7. The van der Waals surface area contributed by atoms with Crippen LogP contribution in [-0.2, 0) is 0 Å². The number of nitrogens with one attached hydrogen (secondary N) is 3. The molecule has 7 N–H and O–H groups in total. The summed E-state index contributed by atoms with van der Waals surface area (Å²) in [5.41, 5.74) is 21.8. The van der Waals surface area contributed by atoms with Crippen LogP contribution in [0, 0.1) is 0 Å². The van der Waals surface area contributed by atoms with Crippen LogP contribution in [0.2, 0.25) is 0 Å². The maximum absolute atomic E-state index is 6.50. The molecule has 0 saturated carbocycles. The van der Waals surface area contributed by atoms with E-state index >= 15 is 0 Å². The fourth-order valence-electron chi connectivity index (χ4n) is 5.44. The van der Waals surface area contributed by atoms with E-state index < -0.39 is 0 Å². The van der Waals surface area contributed by atoms with Crippen LogP contribution in [0.15, 0.2) is 77.6 Å². The van der Waals surface area contributed by atoms with Gasteiger partial charge in [0.15, 0.2) is 17.2 Å². The number of hydrogen-bond acceptors (Lipinski definition) is 7. The summed E-state index contributed by atoms with van der Waals surface area (Å²) in [6.07, 6.45) is 3.62. The third kappa shape index (κ3) is 2.82. The van der Waals surface area contributed by atoms with Crippen molar-refractivity contribution in [1.82, 2.24) is 35.7 Å². The third-order valence-electron chi connectivity index (χ3n) is 7.16. The smallest absolute Gasteiger partial charge is 0.175 e. The second-order valence-electron chi connectivity index (χ2n) is 9.30. The van der Waals surface area contributed by atoms with E-state index in [0.717, 1.165) is 71.5 Å². The van der Waals surface area contributed by atoms with Gasteiger partial charge in [0.1, 0.15) is 0 Å². The molecule has 10 nitrogen and oxygen atoms in total. The number of nitrogens with zero attached hydrogens (tertiary/aromatic N) is 4. The van der Waals surface area contributed by atoms with E-state index in [0.29, 0.717) is 17.2 Å². The van der Waals surface area contributed by atoms with E-state index in [9.17, 15) is 0 Å². The summed E-state index contributed by atoms with van der Waals surface area (Å²) in [6.45, 7) is 0. The highest BCUT2D eigenvalue weighted by Crippen LogP contribution is 2.48. The minimum atomic E-state index is 0.321. The fourth-order valence-corrected chi connectivity index (χ4v) is 5.44. The lowest BCUT2D eigenvalue weighted by Gasteiger charge is -2.19. The zero-order valence-corrected chi connectivity index (χ0v) is 19.8. The van der Waals surface area contributed by atoms with Gasteiger partial charge >= 0.3 is 0 Å². The number of rotatable bonds is 3. The molecule has 0 aliphatic heterocycles. The number of anilines is 2. The Balaban J connectivity index is 1.58. The minimum absolute atomic E-state index is 0.321. The summed E-state index contributed by atoms with van der Waals surface area (Å²) in [5, 5.41) is 29.7. The molecule has 4 aromatic carbocycles. The molecule has 182 valence electrons. The highest BCUT2D eigenvalue weighted by Gasteiger charge is 2.24. The van der Waals surface area contributed by atoms with Crippen LogP contribution in [0.4, 0.5) is 11.6 Å².